The van der Waals surface area contributed by atoms with E-state index in [1.807, 2.05) is 37.4 Å². The van der Waals surface area contributed by atoms with Gasteiger partial charge in [-0.05, 0) is 31.9 Å². The zero-order chi connectivity index (χ0) is 17.5. The Bertz CT molecular complexity index is 552. The number of ether oxygens (including phenoxy) is 3. The van der Waals surface area contributed by atoms with Crippen molar-refractivity contribution in [3.8, 4) is 5.75 Å². The minimum atomic E-state index is 0. The number of rotatable bonds is 5. The van der Waals surface area contributed by atoms with Crippen LogP contribution >= 0.6 is 24.0 Å². The molecule has 0 radical (unpaired) electrons. The summed E-state index contributed by atoms with van der Waals surface area (Å²) in [5.74, 6) is 1.78. The van der Waals surface area contributed by atoms with Gasteiger partial charge in [0.05, 0.1) is 19.3 Å². The van der Waals surface area contributed by atoms with Crippen molar-refractivity contribution in [1.82, 2.24) is 10.2 Å². The molecule has 1 aromatic carbocycles. The largest absolute Gasteiger partial charge is 0.489 e. The first-order valence-corrected chi connectivity index (χ1v) is 9.17. The Kier molecular flexibility index (Phi) is 8.94. The lowest BCUT2D eigenvalue weighted by atomic mass is 10.1. The standard InChI is InChI=1S/C19H29N3O3.HI/c1-15(25-16-7-4-3-5-8-16)13-21-19(20-2)22-10-12-24-18(14-22)17-9-6-11-23-17;/h3-5,7-8,15,17-18H,6,9-14H2,1-2H3,(H,20,21);1H. The lowest BCUT2D eigenvalue weighted by Crippen LogP contribution is -2.54. The van der Waals surface area contributed by atoms with Gasteiger partial charge in [-0.2, -0.15) is 0 Å². The highest BCUT2D eigenvalue weighted by molar-refractivity contribution is 14.0. The van der Waals surface area contributed by atoms with E-state index in [-0.39, 0.29) is 42.3 Å². The van der Waals surface area contributed by atoms with Gasteiger partial charge in [-0.1, -0.05) is 18.2 Å². The lowest BCUT2D eigenvalue weighted by molar-refractivity contribution is -0.0817. The Balaban J connectivity index is 0.00000243. The fourth-order valence-corrected chi connectivity index (χ4v) is 3.33. The summed E-state index contributed by atoms with van der Waals surface area (Å²) in [6.45, 7) is 5.98. The monoisotopic (exact) mass is 475 g/mol. The summed E-state index contributed by atoms with van der Waals surface area (Å²) in [5.41, 5.74) is 0. The Morgan fingerprint density at radius 1 is 1.27 bits per heavy atom. The zero-order valence-electron chi connectivity index (χ0n) is 15.6. The molecule has 0 aromatic heterocycles. The number of nitrogens with zero attached hydrogens (tertiary/aromatic N) is 2. The molecule has 6 nitrogen and oxygen atoms in total. The molecule has 3 rings (SSSR count). The molecule has 2 aliphatic rings. The number of nitrogens with one attached hydrogen (secondary N) is 1. The van der Waals surface area contributed by atoms with Crippen LogP contribution in [0.3, 0.4) is 0 Å². The van der Waals surface area contributed by atoms with Crippen molar-refractivity contribution in [2.45, 2.75) is 38.1 Å². The summed E-state index contributed by atoms with van der Waals surface area (Å²) < 4.78 is 17.6. The Morgan fingerprint density at radius 2 is 2.04 bits per heavy atom. The molecule has 1 aromatic rings. The molecule has 26 heavy (non-hydrogen) atoms. The second kappa shape index (κ2) is 10.9. The minimum absolute atomic E-state index is 0. The number of aliphatic imine (C=N–C) groups is 1. The minimum Gasteiger partial charge on any atom is -0.489 e. The van der Waals surface area contributed by atoms with Crippen LogP contribution in [0.25, 0.3) is 0 Å². The fraction of sp³-hybridized carbons (Fsp3) is 0.632. The van der Waals surface area contributed by atoms with Crippen molar-refractivity contribution in [2.24, 2.45) is 4.99 Å². The molecular formula is C19H30IN3O3. The third-order valence-corrected chi connectivity index (χ3v) is 4.61. The molecule has 2 saturated heterocycles. The van der Waals surface area contributed by atoms with Crippen LogP contribution in [-0.4, -0.2) is 69.1 Å². The van der Waals surface area contributed by atoms with Gasteiger partial charge in [-0.25, -0.2) is 0 Å². The summed E-state index contributed by atoms with van der Waals surface area (Å²) in [7, 11) is 1.82. The highest BCUT2D eigenvalue weighted by Crippen LogP contribution is 2.21. The molecule has 3 atom stereocenters. The molecular weight excluding hydrogens is 445 g/mol. The SMILES string of the molecule is CN=C(NCC(C)Oc1ccccc1)N1CCOC(C2CCCO2)C1.I. The first-order valence-electron chi connectivity index (χ1n) is 9.17. The van der Waals surface area contributed by atoms with Gasteiger partial charge in [-0.15, -0.1) is 24.0 Å². The molecule has 0 bridgehead atoms. The molecule has 2 fully saturated rings. The first-order chi connectivity index (χ1) is 12.3. The van der Waals surface area contributed by atoms with Gasteiger partial charge in [0.2, 0.25) is 0 Å². The van der Waals surface area contributed by atoms with Crippen molar-refractivity contribution < 1.29 is 14.2 Å². The van der Waals surface area contributed by atoms with Crippen molar-refractivity contribution in [3.05, 3.63) is 30.3 Å². The average Bonchev–Trinajstić information content (AvgIpc) is 3.18. The molecule has 0 spiro atoms. The molecule has 7 heteroatoms. The van der Waals surface area contributed by atoms with E-state index in [9.17, 15) is 0 Å². The van der Waals surface area contributed by atoms with Crippen molar-refractivity contribution in [1.29, 1.82) is 0 Å². The zero-order valence-corrected chi connectivity index (χ0v) is 17.9. The van der Waals surface area contributed by atoms with E-state index >= 15 is 0 Å². The van der Waals surface area contributed by atoms with E-state index in [1.54, 1.807) is 0 Å². The second-order valence-electron chi connectivity index (χ2n) is 6.58. The number of hydrogen-bond donors (Lipinski definition) is 1. The summed E-state index contributed by atoms with van der Waals surface area (Å²) >= 11 is 0. The topological polar surface area (TPSA) is 55.3 Å². The van der Waals surface area contributed by atoms with E-state index in [0.29, 0.717) is 13.2 Å². The third kappa shape index (κ3) is 5.99. The maximum Gasteiger partial charge on any atom is 0.193 e. The summed E-state index contributed by atoms with van der Waals surface area (Å²) in [6, 6.07) is 9.89. The van der Waals surface area contributed by atoms with Gasteiger partial charge in [0.15, 0.2) is 5.96 Å². The van der Waals surface area contributed by atoms with Crippen LogP contribution in [-0.2, 0) is 9.47 Å². The molecule has 3 unspecified atom stereocenters. The Labute approximate surface area is 173 Å². The number of hydrogen-bond acceptors (Lipinski definition) is 4. The summed E-state index contributed by atoms with van der Waals surface area (Å²) in [4.78, 5) is 6.69. The van der Waals surface area contributed by atoms with E-state index in [0.717, 1.165) is 44.2 Å². The molecule has 0 amide bonds. The van der Waals surface area contributed by atoms with E-state index in [2.05, 4.69) is 22.1 Å². The van der Waals surface area contributed by atoms with Crippen LogP contribution in [0.1, 0.15) is 19.8 Å². The number of guanidine groups is 1. The van der Waals surface area contributed by atoms with Crippen LogP contribution < -0.4 is 10.1 Å². The number of benzene rings is 1. The number of halogens is 1. The molecule has 0 saturated carbocycles. The third-order valence-electron chi connectivity index (χ3n) is 4.61. The van der Waals surface area contributed by atoms with Gasteiger partial charge in [0.25, 0.3) is 0 Å². The van der Waals surface area contributed by atoms with Gasteiger partial charge in [-0.3, -0.25) is 4.99 Å². The van der Waals surface area contributed by atoms with E-state index in [4.69, 9.17) is 14.2 Å². The summed E-state index contributed by atoms with van der Waals surface area (Å²) in [6.07, 6.45) is 2.63. The highest BCUT2D eigenvalue weighted by atomic mass is 127. The van der Waals surface area contributed by atoms with Crippen molar-refractivity contribution >= 4 is 29.9 Å². The quantitative estimate of drug-likeness (QED) is 0.403. The normalized spacial score (nSPS) is 24.7. The van der Waals surface area contributed by atoms with Gasteiger partial charge >= 0.3 is 0 Å². The lowest BCUT2D eigenvalue weighted by Gasteiger charge is -2.37. The average molecular weight is 475 g/mol. The molecule has 0 aliphatic carbocycles. The molecule has 2 aliphatic heterocycles. The predicted octanol–water partition coefficient (Wildman–Crippen LogP) is 2.53. The van der Waals surface area contributed by atoms with Gasteiger partial charge < -0.3 is 24.4 Å². The van der Waals surface area contributed by atoms with Crippen LogP contribution in [0.2, 0.25) is 0 Å². The van der Waals surface area contributed by atoms with Gasteiger partial charge in [0.1, 0.15) is 18.0 Å². The number of para-hydroxylation sites is 1. The van der Waals surface area contributed by atoms with Crippen molar-refractivity contribution in [2.75, 3.05) is 39.9 Å². The predicted molar refractivity (Wildman–Crippen MR) is 114 cm³/mol. The van der Waals surface area contributed by atoms with Crippen LogP contribution in [0.4, 0.5) is 0 Å². The second-order valence-corrected chi connectivity index (χ2v) is 6.58. The van der Waals surface area contributed by atoms with Gasteiger partial charge in [0, 0.05) is 26.7 Å². The molecule has 1 N–H and O–H groups in total. The van der Waals surface area contributed by atoms with Crippen LogP contribution in [0.5, 0.6) is 5.75 Å². The maximum atomic E-state index is 5.92. The highest BCUT2D eigenvalue weighted by Gasteiger charge is 2.32. The van der Waals surface area contributed by atoms with E-state index < -0.39 is 0 Å². The maximum absolute atomic E-state index is 5.92. The summed E-state index contributed by atoms with van der Waals surface area (Å²) in [5, 5.41) is 3.42. The first kappa shape index (κ1) is 21.2. The molecule has 146 valence electrons. The van der Waals surface area contributed by atoms with Crippen molar-refractivity contribution in [3.63, 3.8) is 0 Å². The van der Waals surface area contributed by atoms with Crippen LogP contribution in [0, 0.1) is 0 Å². The smallest absolute Gasteiger partial charge is 0.193 e. The Morgan fingerprint density at radius 3 is 2.73 bits per heavy atom. The number of morpholine rings is 1. The van der Waals surface area contributed by atoms with Crippen LogP contribution in [0.15, 0.2) is 35.3 Å². The van der Waals surface area contributed by atoms with E-state index in [1.165, 1.54) is 0 Å². The Hall–Kier alpha value is -1.06. The fourth-order valence-electron chi connectivity index (χ4n) is 3.33. The molecule has 2 heterocycles.